The van der Waals surface area contributed by atoms with Crippen molar-refractivity contribution in [3.05, 3.63) is 18.2 Å². The van der Waals surface area contributed by atoms with Gasteiger partial charge < -0.3 is 14.8 Å². The molecule has 156 valence electrons. The Morgan fingerprint density at radius 2 is 2.04 bits per heavy atom. The highest BCUT2D eigenvalue weighted by Gasteiger charge is 2.42. The first kappa shape index (κ1) is 21.7. The van der Waals surface area contributed by atoms with Gasteiger partial charge >= 0.3 is 18.1 Å². The summed E-state index contributed by atoms with van der Waals surface area (Å²) in [6.07, 6.45) is 3.43. The minimum atomic E-state index is -0.729. The summed E-state index contributed by atoms with van der Waals surface area (Å²) in [7, 11) is 1.30. The normalized spacial score (nSPS) is 16.8. The molecule has 2 heterocycles. The second-order valence-electron chi connectivity index (χ2n) is 8.34. The molecule has 28 heavy (non-hydrogen) atoms. The summed E-state index contributed by atoms with van der Waals surface area (Å²) in [6.45, 7) is 10.6. The highest BCUT2D eigenvalue weighted by molar-refractivity contribution is 5.87. The maximum absolute atomic E-state index is 13.0. The van der Waals surface area contributed by atoms with E-state index in [0.29, 0.717) is 12.3 Å². The number of alkyl carbamates (subject to hydrolysis) is 1. The molecule has 0 radical (unpaired) electrons. The number of hydrogen-bond acceptors (Lipinski definition) is 5. The van der Waals surface area contributed by atoms with Crippen molar-refractivity contribution in [2.24, 2.45) is 5.92 Å². The van der Waals surface area contributed by atoms with Crippen molar-refractivity contribution in [1.29, 1.82) is 0 Å². The van der Waals surface area contributed by atoms with Gasteiger partial charge in [0, 0.05) is 19.5 Å². The topological polar surface area (TPSA) is 93.8 Å². The third kappa shape index (κ3) is 5.46. The van der Waals surface area contributed by atoms with E-state index in [-0.39, 0.29) is 19.1 Å². The van der Waals surface area contributed by atoms with Gasteiger partial charge in [0.1, 0.15) is 17.8 Å². The smallest absolute Gasteiger partial charge is 0.416 e. The minimum absolute atomic E-state index is 0.163. The second-order valence-corrected chi connectivity index (χ2v) is 8.34. The van der Waals surface area contributed by atoms with Gasteiger partial charge in [0.05, 0.1) is 13.7 Å². The van der Waals surface area contributed by atoms with Crippen molar-refractivity contribution in [2.45, 2.75) is 59.2 Å². The van der Waals surface area contributed by atoms with E-state index in [1.165, 1.54) is 12.0 Å². The average molecular weight is 395 g/mol. The Morgan fingerprint density at radius 3 is 2.61 bits per heavy atom. The summed E-state index contributed by atoms with van der Waals surface area (Å²) in [5.74, 6) is -0.0523. The molecular formula is C19H31N4O5+. The minimum Gasteiger partial charge on any atom is -0.467 e. The van der Waals surface area contributed by atoms with E-state index in [4.69, 9.17) is 9.47 Å². The molecule has 9 nitrogen and oxygen atoms in total. The number of nitrogens with zero attached hydrogens (tertiary/aromatic N) is 3. The summed E-state index contributed by atoms with van der Waals surface area (Å²) in [5.41, 5.74) is 0.154. The van der Waals surface area contributed by atoms with Gasteiger partial charge in [-0.05, 0) is 26.7 Å². The Balaban J connectivity index is 2.12. The van der Waals surface area contributed by atoms with Crippen LogP contribution in [-0.2, 0) is 27.2 Å². The van der Waals surface area contributed by atoms with Gasteiger partial charge in [-0.25, -0.2) is 19.0 Å². The van der Waals surface area contributed by atoms with Gasteiger partial charge in [-0.1, -0.05) is 13.8 Å². The van der Waals surface area contributed by atoms with E-state index in [2.05, 4.69) is 19.2 Å². The van der Waals surface area contributed by atoms with Crippen LogP contribution in [0.4, 0.5) is 9.59 Å². The second kappa shape index (κ2) is 8.62. The number of aromatic nitrogens is 2. The molecular weight excluding hydrogens is 364 g/mol. The number of rotatable bonds is 6. The third-order valence-corrected chi connectivity index (χ3v) is 4.19. The fourth-order valence-electron chi connectivity index (χ4n) is 3.12. The number of nitrogens with one attached hydrogen (secondary N) is 1. The van der Waals surface area contributed by atoms with E-state index in [1.807, 2.05) is 10.8 Å². The Bertz CT molecular complexity index is 735. The first-order valence-corrected chi connectivity index (χ1v) is 9.47. The molecule has 0 aromatic carbocycles. The summed E-state index contributed by atoms with van der Waals surface area (Å²) in [5, 5.41) is 2.62. The Hall–Kier alpha value is -2.58. The zero-order valence-corrected chi connectivity index (χ0v) is 17.5. The molecule has 0 saturated carbocycles. The molecule has 2 amide bonds. The zero-order chi connectivity index (χ0) is 21.1. The molecule has 1 atom stereocenters. The maximum Gasteiger partial charge on any atom is 0.416 e. The zero-order valence-electron chi connectivity index (χ0n) is 17.5. The highest BCUT2D eigenvalue weighted by atomic mass is 16.6. The van der Waals surface area contributed by atoms with Crippen molar-refractivity contribution in [3.63, 3.8) is 0 Å². The number of esters is 1. The van der Waals surface area contributed by atoms with Gasteiger partial charge in [-0.15, -0.1) is 4.57 Å². The Kier molecular flexibility index (Phi) is 6.69. The molecule has 1 aliphatic heterocycles. The Labute approximate surface area is 165 Å². The van der Waals surface area contributed by atoms with Gasteiger partial charge in [-0.2, -0.15) is 0 Å². The van der Waals surface area contributed by atoms with E-state index in [0.717, 1.165) is 12.2 Å². The molecule has 2 rings (SSSR count). The molecule has 9 heteroatoms. The van der Waals surface area contributed by atoms with E-state index < -0.39 is 23.7 Å². The first-order valence-electron chi connectivity index (χ1n) is 9.47. The fourth-order valence-corrected chi connectivity index (χ4v) is 3.12. The molecule has 0 aliphatic carbocycles. The number of hydrogen-bond donors (Lipinski definition) is 1. The number of ether oxygens (including phenoxy) is 2. The predicted octanol–water partition coefficient (Wildman–Crippen LogP) is 1.32. The van der Waals surface area contributed by atoms with Crippen molar-refractivity contribution in [1.82, 2.24) is 14.8 Å². The van der Waals surface area contributed by atoms with Crippen LogP contribution in [0.15, 0.2) is 12.5 Å². The third-order valence-electron chi connectivity index (χ3n) is 4.19. The molecule has 1 aromatic heterocycles. The van der Waals surface area contributed by atoms with Crippen molar-refractivity contribution < 1.29 is 28.4 Å². The number of fused-ring (bicyclic) bond motifs is 1. The standard InChI is InChI=1S/C19H30N4O5/c1-13(2)10-21-11-14-9-15(16(24)27-6)22(18(26)23(14)12-21)8-7-20-17(25)28-19(3,4)5/h11-13,15H,7-10H2,1-6H3/p+1/t15-/m0/s1. The van der Waals surface area contributed by atoms with Crippen LogP contribution in [0, 0.1) is 5.92 Å². The monoisotopic (exact) mass is 395 g/mol. The largest absolute Gasteiger partial charge is 0.467 e. The summed E-state index contributed by atoms with van der Waals surface area (Å²) >= 11 is 0. The summed E-state index contributed by atoms with van der Waals surface area (Å²) in [6, 6.07) is -1.04. The molecule has 0 bridgehead atoms. The van der Waals surface area contributed by atoms with Gasteiger partial charge in [0.15, 0.2) is 5.69 Å². The molecule has 0 saturated heterocycles. The number of carbonyl (C=O) groups is 3. The van der Waals surface area contributed by atoms with Crippen LogP contribution in [0.2, 0.25) is 0 Å². The van der Waals surface area contributed by atoms with Crippen molar-refractivity contribution in [2.75, 3.05) is 20.2 Å². The lowest BCUT2D eigenvalue weighted by atomic mass is 10.1. The molecule has 1 aromatic rings. The average Bonchev–Trinajstić information content (AvgIpc) is 2.96. The van der Waals surface area contributed by atoms with Crippen LogP contribution in [0.3, 0.4) is 0 Å². The van der Waals surface area contributed by atoms with Crippen LogP contribution in [-0.4, -0.2) is 59.4 Å². The summed E-state index contributed by atoms with van der Waals surface area (Å²) in [4.78, 5) is 38.5. The van der Waals surface area contributed by atoms with Gasteiger partial charge in [0.25, 0.3) is 6.33 Å². The number of methoxy groups -OCH3 is 1. The van der Waals surface area contributed by atoms with Crippen LogP contribution in [0.25, 0.3) is 0 Å². The van der Waals surface area contributed by atoms with Crippen molar-refractivity contribution in [3.8, 4) is 0 Å². The number of imidazole rings is 1. The Morgan fingerprint density at radius 1 is 1.36 bits per heavy atom. The lowest BCUT2D eigenvalue weighted by Gasteiger charge is -2.31. The first-order chi connectivity index (χ1) is 13.0. The highest BCUT2D eigenvalue weighted by Crippen LogP contribution is 2.18. The molecule has 0 fully saturated rings. The quantitative estimate of drug-likeness (QED) is 0.579. The molecule has 0 spiro atoms. The lowest BCUT2D eigenvalue weighted by Crippen LogP contribution is -2.54. The maximum atomic E-state index is 13.0. The lowest BCUT2D eigenvalue weighted by molar-refractivity contribution is -0.701. The van der Waals surface area contributed by atoms with Crippen molar-refractivity contribution >= 4 is 18.1 Å². The van der Waals surface area contributed by atoms with Crippen LogP contribution < -0.4 is 9.88 Å². The molecule has 0 unspecified atom stereocenters. The fraction of sp³-hybridized carbons (Fsp3) is 0.684. The van der Waals surface area contributed by atoms with Crippen LogP contribution >= 0.6 is 0 Å². The van der Waals surface area contributed by atoms with Crippen LogP contribution in [0.1, 0.15) is 40.3 Å². The SMILES string of the molecule is COC(=O)[C@@H]1Cc2c[n+](CC(C)C)cn2C(=O)N1CCNC(=O)OC(C)(C)C. The number of carbonyl (C=O) groups excluding carboxylic acids is 3. The van der Waals surface area contributed by atoms with E-state index in [9.17, 15) is 14.4 Å². The van der Waals surface area contributed by atoms with E-state index >= 15 is 0 Å². The van der Waals surface area contributed by atoms with Gasteiger partial charge in [-0.3, -0.25) is 4.90 Å². The molecule has 1 N–H and O–H groups in total. The summed E-state index contributed by atoms with van der Waals surface area (Å²) < 4.78 is 13.6. The van der Waals surface area contributed by atoms with Crippen LogP contribution in [0.5, 0.6) is 0 Å². The van der Waals surface area contributed by atoms with Gasteiger partial charge in [0.2, 0.25) is 0 Å². The number of amides is 2. The molecule has 1 aliphatic rings. The van der Waals surface area contributed by atoms with E-state index in [1.54, 1.807) is 31.7 Å². The predicted molar refractivity (Wildman–Crippen MR) is 101 cm³/mol.